The van der Waals surface area contributed by atoms with Gasteiger partial charge in [0, 0.05) is 16.3 Å². The third-order valence-electron chi connectivity index (χ3n) is 4.61. The summed E-state index contributed by atoms with van der Waals surface area (Å²) in [4.78, 5) is 12.4. The molecule has 3 rings (SSSR count). The number of carbonyl (C=O) groups is 1. The average molecular weight is 410 g/mol. The molecule has 0 aliphatic carbocycles. The largest absolute Gasteiger partial charge is 0.484 e. The van der Waals surface area contributed by atoms with E-state index in [4.69, 9.17) is 16.3 Å². The van der Waals surface area contributed by atoms with E-state index in [0.717, 1.165) is 0 Å². The topological polar surface area (TPSA) is 58.6 Å². The fourth-order valence-electron chi connectivity index (χ4n) is 2.97. The summed E-state index contributed by atoms with van der Waals surface area (Å²) in [6, 6.07) is 21.9. The van der Waals surface area contributed by atoms with Crippen LogP contribution in [0.25, 0.3) is 0 Å². The normalized spacial score (nSPS) is 11.9. The van der Waals surface area contributed by atoms with Gasteiger partial charge in [-0.3, -0.25) is 4.79 Å². The van der Waals surface area contributed by atoms with Crippen LogP contribution in [0, 0.1) is 0 Å². The lowest BCUT2D eigenvalue weighted by Gasteiger charge is -2.17. The maximum absolute atomic E-state index is 12.4. The van der Waals surface area contributed by atoms with Gasteiger partial charge in [-0.2, -0.15) is 0 Å². The molecule has 0 aliphatic rings. The number of anilines is 1. The van der Waals surface area contributed by atoms with Gasteiger partial charge in [-0.05, 0) is 47.4 Å². The maximum Gasteiger partial charge on any atom is 0.262 e. The number of hydrogen-bond acceptors (Lipinski definition) is 3. The van der Waals surface area contributed by atoms with Crippen LogP contribution in [0.2, 0.25) is 5.02 Å². The molecule has 4 nitrogen and oxygen atoms in total. The molecule has 0 aromatic heterocycles. The molecule has 0 saturated carbocycles. The molecular weight excluding hydrogens is 386 g/mol. The van der Waals surface area contributed by atoms with Crippen molar-refractivity contribution < 1.29 is 14.6 Å². The number of hydrogen-bond donors (Lipinski definition) is 2. The lowest BCUT2D eigenvalue weighted by molar-refractivity contribution is -0.118. The van der Waals surface area contributed by atoms with Crippen LogP contribution in [-0.4, -0.2) is 17.6 Å². The van der Waals surface area contributed by atoms with Crippen LogP contribution in [-0.2, 0) is 4.79 Å². The van der Waals surface area contributed by atoms with Gasteiger partial charge in [0.15, 0.2) is 6.61 Å². The molecular formula is C24H24ClNO3. The molecule has 5 heteroatoms. The third kappa shape index (κ3) is 5.59. The maximum atomic E-state index is 12.4. The van der Waals surface area contributed by atoms with Gasteiger partial charge in [0.25, 0.3) is 5.91 Å². The molecule has 150 valence electrons. The Bertz CT molecular complexity index is 956. The second-order valence-electron chi connectivity index (χ2n) is 7.11. The summed E-state index contributed by atoms with van der Waals surface area (Å²) in [7, 11) is 0. The lowest BCUT2D eigenvalue weighted by Crippen LogP contribution is -2.21. The Hall–Kier alpha value is -2.82. The van der Waals surface area contributed by atoms with Gasteiger partial charge in [0.05, 0.1) is 0 Å². The van der Waals surface area contributed by atoms with E-state index in [1.54, 1.807) is 18.2 Å². The van der Waals surface area contributed by atoms with Crippen molar-refractivity contribution in [2.45, 2.75) is 25.9 Å². The molecule has 0 bridgehead atoms. The Balaban J connectivity index is 1.68. The minimum Gasteiger partial charge on any atom is -0.484 e. The van der Waals surface area contributed by atoms with Gasteiger partial charge >= 0.3 is 0 Å². The Morgan fingerprint density at radius 2 is 1.69 bits per heavy atom. The van der Waals surface area contributed by atoms with Gasteiger partial charge in [-0.25, -0.2) is 0 Å². The second kappa shape index (κ2) is 9.59. The van der Waals surface area contributed by atoms with E-state index in [0.29, 0.717) is 33.5 Å². The van der Waals surface area contributed by atoms with Crippen LogP contribution in [0.4, 0.5) is 5.69 Å². The highest BCUT2D eigenvalue weighted by Gasteiger charge is 2.17. The smallest absolute Gasteiger partial charge is 0.262 e. The fourth-order valence-corrected chi connectivity index (χ4v) is 3.15. The SMILES string of the molecule is CC(C)c1ccc(OCC(=O)Nc2ccc(Cl)cc2[C@@H](O)c2ccccc2)cc1. The molecule has 0 aliphatic heterocycles. The zero-order chi connectivity index (χ0) is 20.8. The summed E-state index contributed by atoms with van der Waals surface area (Å²) in [5.41, 5.74) is 2.95. The molecule has 0 radical (unpaired) electrons. The Morgan fingerprint density at radius 3 is 2.34 bits per heavy atom. The molecule has 1 atom stereocenters. The van der Waals surface area contributed by atoms with E-state index in [9.17, 15) is 9.90 Å². The highest BCUT2D eigenvalue weighted by molar-refractivity contribution is 6.30. The van der Waals surface area contributed by atoms with Crippen LogP contribution in [0.15, 0.2) is 72.8 Å². The fraction of sp³-hybridized carbons (Fsp3) is 0.208. The van der Waals surface area contributed by atoms with E-state index in [-0.39, 0.29) is 12.5 Å². The first-order valence-electron chi connectivity index (χ1n) is 9.49. The molecule has 2 N–H and O–H groups in total. The van der Waals surface area contributed by atoms with E-state index >= 15 is 0 Å². The van der Waals surface area contributed by atoms with Gasteiger partial charge in [-0.1, -0.05) is 67.9 Å². The number of carbonyl (C=O) groups excluding carboxylic acids is 1. The van der Waals surface area contributed by atoms with E-state index in [1.807, 2.05) is 54.6 Å². The van der Waals surface area contributed by atoms with Crippen molar-refractivity contribution in [3.63, 3.8) is 0 Å². The number of rotatable bonds is 7. The van der Waals surface area contributed by atoms with Crippen molar-refractivity contribution in [1.82, 2.24) is 0 Å². The molecule has 3 aromatic rings. The van der Waals surface area contributed by atoms with Crippen molar-refractivity contribution in [3.05, 3.63) is 94.5 Å². The first kappa shape index (κ1) is 20.9. The van der Waals surface area contributed by atoms with Crippen LogP contribution in [0.5, 0.6) is 5.75 Å². The Morgan fingerprint density at radius 1 is 1.00 bits per heavy atom. The predicted molar refractivity (Wildman–Crippen MR) is 117 cm³/mol. The van der Waals surface area contributed by atoms with Gasteiger partial charge < -0.3 is 15.2 Å². The number of ether oxygens (including phenoxy) is 1. The molecule has 0 saturated heterocycles. The van der Waals surface area contributed by atoms with Gasteiger partial charge in [0.2, 0.25) is 0 Å². The van der Waals surface area contributed by atoms with Crippen LogP contribution < -0.4 is 10.1 Å². The number of benzene rings is 3. The summed E-state index contributed by atoms with van der Waals surface area (Å²) >= 11 is 6.11. The van der Waals surface area contributed by atoms with E-state index in [1.165, 1.54) is 5.56 Å². The predicted octanol–water partition coefficient (Wildman–Crippen LogP) is 5.56. The summed E-state index contributed by atoms with van der Waals surface area (Å²) in [6.45, 7) is 4.11. The van der Waals surface area contributed by atoms with Crippen LogP contribution >= 0.6 is 11.6 Å². The lowest BCUT2D eigenvalue weighted by atomic mass is 10.00. The quantitative estimate of drug-likeness (QED) is 0.536. The van der Waals surface area contributed by atoms with Crippen molar-refractivity contribution in [3.8, 4) is 5.75 Å². The number of aliphatic hydroxyl groups is 1. The first-order chi connectivity index (χ1) is 13.9. The van der Waals surface area contributed by atoms with Crippen LogP contribution in [0.3, 0.4) is 0 Å². The number of aliphatic hydroxyl groups excluding tert-OH is 1. The zero-order valence-corrected chi connectivity index (χ0v) is 17.2. The molecule has 29 heavy (non-hydrogen) atoms. The Kier molecular flexibility index (Phi) is 6.91. The summed E-state index contributed by atoms with van der Waals surface area (Å²) in [5, 5.41) is 14.0. The van der Waals surface area contributed by atoms with Crippen molar-refractivity contribution in [2.75, 3.05) is 11.9 Å². The molecule has 3 aromatic carbocycles. The number of nitrogens with one attached hydrogen (secondary N) is 1. The van der Waals surface area contributed by atoms with Gasteiger partial charge in [0.1, 0.15) is 11.9 Å². The van der Waals surface area contributed by atoms with Crippen molar-refractivity contribution in [2.24, 2.45) is 0 Å². The van der Waals surface area contributed by atoms with E-state index in [2.05, 4.69) is 19.2 Å². The standard InChI is InChI=1S/C24H24ClNO3/c1-16(2)17-8-11-20(12-9-17)29-15-23(27)26-22-13-10-19(25)14-21(22)24(28)18-6-4-3-5-7-18/h3-14,16,24,28H,15H2,1-2H3,(H,26,27)/t24-/m0/s1. The molecule has 0 unspecified atom stereocenters. The molecule has 1 amide bonds. The third-order valence-corrected chi connectivity index (χ3v) is 4.85. The van der Waals surface area contributed by atoms with Gasteiger partial charge in [-0.15, -0.1) is 0 Å². The Labute approximate surface area is 176 Å². The molecule has 0 fully saturated rings. The number of halogens is 1. The van der Waals surface area contributed by atoms with E-state index < -0.39 is 6.10 Å². The first-order valence-corrected chi connectivity index (χ1v) is 9.87. The second-order valence-corrected chi connectivity index (χ2v) is 7.54. The van der Waals surface area contributed by atoms with Crippen molar-refractivity contribution >= 4 is 23.2 Å². The summed E-state index contributed by atoms with van der Waals surface area (Å²) in [5.74, 6) is 0.749. The zero-order valence-electron chi connectivity index (χ0n) is 16.4. The average Bonchev–Trinajstić information content (AvgIpc) is 2.74. The highest BCUT2D eigenvalue weighted by atomic mass is 35.5. The number of amides is 1. The van der Waals surface area contributed by atoms with Crippen molar-refractivity contribution in [1.29, 1.82) is 0 Å². The monoisotopic (exact) mass is 409 g/mol. The van der Waals surface area contributed by atoms with Crippen LogP contribution in [0.1, 0.15) is 42.6 Å². The minimum absolute atomic E-state index is 0.134. The minimum atomic E-state index is -0.908. The summed E-state index contributed by atoms with van der Waals surface area (Å²) < 4.78 is 5.58. The highest BCUT2D eigenvalue weighted by Crippen LogP contribution is 2.31. The summed E-state index contributed by atoms with van der Waals surface area (Å²) in [6.07, 6.45) is -0.908. The molecule has 0 spiro atoms. The molecule has 0 heterocycles.